The van der Waals surface area contributed by atoms with Crippen molar-refractivity contribution in [1.29, 1.82) is 0 Å². The summed E-state index contributed by atoms with van der Waals surface area (Å²) in [5.41, 5.74) is 0. The summed E-state index contributed by atoms with van der Waals surface area (Å²) in [4.78, 5) is 22.7. The van der Waals surface area contributed by atoms with E-state index in [4.69, 9.17) is 0 Å². The molecule has 0 aromatic heterocycles. The van der Waals surface area contributed by atoms with Crippen molar-refractivity contribution in [2.45, 2.75) is 31.6 Å². The van der Waals surface area contributed by atoms with E-state index in [1.165, 1.54) is 27.9 Å². The predicted octanol–water partition coefficient (Wildman–Crippen LogP) is -0.513. The maximum Gasteiger partial charge on any atom is 0.328 e. The van der Waals surface area contributed by atoms with Gasteiger partial charge in [0.05, 0.1) is 7.11 Å². The molecule has 0 aliphatic rings. The fraction of sp³-hybridized carbons (Fsp3) is 0.778. The first-order valence-corrected chi connectivity index (χ1v) is 6.51. The average molecular weight is 251 g/mol. The Balaban J connectivity index is 4.79. The highest BCUT2D eigenvalue weighted by Crippen LogP contribution is 2.15. The zero-order valence-corrected chi connectivity index (χ0v) is 10.8. The summed E-state index contributed by atoms with van der Waals surface area (Å²) in [6, 6.07) is -0.876. The molecule has 1 atom stereocenters. The fourth-order valence-electron chi connectivity index (χ4n) is 0.775. The van der Waals surface area contributed by atoms with Crippen molar-refractivity contribution < 1.29 is 22.7 Å². The Morgan fingerprint density at radius 3 is 2.06 bits per heavy atom. The lowest BCUT2D eigenvalue weighted by Crippen LogP contribution is -2.52. The number of nitrogens with one attached hydrogen (secondary N) is 1. The van der Waals surface area contributed by atoms with Crippen LogP contribution in [-0.4, -0.2) is 44.4 Å². The van der Waals surface area contributed by atoms with Gasteiger partial charge >= 0.3 is 5.97 Å². The van der Waals surface area contributed by atoms with Crippen LogP contribution in [0.4, 0.5) is 0 Å². The molecule has 0 aromatic carbocycles. The van der Waals surface area contributed by atoms with Gasteiger partial charge < -0.3 is 10.1 Å². The highest BCUT2D eigenvalue weighted by molar-refractivity contribution is 7.92. The van der Waals surface area contributed by atoms with Crippen LogP contribution in [0.1, 0.15) is 20.8 Å². The minimum atomic E-state index is -3.54. The first kappa shape index (κ1) is 14.9. The normalized spacial score (nSPS) is 14.1. The molecule has 0 saturated carbocycles. The molecule has 0 aliphatic carbocycles. The summed E-state index contributed by atoms with van der Waals surface area (Å²) in [6.07, 6.45) is 0.968. The summed E-state index contributed by atoms with van der Waals surface area (Å²) in [7, 11) is -2.36. The Morgan fingerprint density at radius 1 is 1.31 bits per heavy atom. The lowest BCUT2D eigenvalue weighted by atomic mass is 10.2. The molecule has 0 saturated heterocycles. The van der Waals surface area contributed by atoms with Gasteiger partial charge in [-0.25, -0.2) is 13.2 Å². The smallest absolute Gasteiger partial charge is 0.328 e. The second kappa shape index (κ2) is 4.82. The van der Waals surface area contributed by atoms with E-state index >= 15 is 0 Å². The van der Waals surface area contributed by atoms with E-state index in [1.54, 1.807) is 0 Å². The van der Waals surface area contributed by atoms with E-state index in [0.29, 0.717) is 0 Å². The topological polar surface area (TPSA) is 89.5 Å². The van der Waals surface area contributed by atoms with Gasteiger partial charge in [-0.05, 0) is 20.8 Å². The number of sulfone groups is 1. The standard InChI is InChI=1S/C9H17NO5S/c1-6(7(11)15-4)10-8(12)9(2,3)16(5,13)14/h6H,1-5H3,(H,10,12). The van der Waals surface area contributed by atoms with Crippen LogP contribution in [0, 0.1) is 0 Å². The monoisotopic (exact) mass is 251 g/mol. The maximum absolute atomic E-state index is 11.6. The average Bonchev–Trinajstić information content (AvgIpc) is 2.14. The molecule has 7 heteroatoms. The van der Waals surface area contributed by atoms with Crippen LogP contribution >= 0.6 is 0 Å². The van der Waals surface area contributed by atoms with Crippen molar-refractivity contribution in [1.82, 2.24) is 5.32 Å². The molecule has 0 aromatic rings. The van der Waals surface area contributed by atoms with E-state index in [1.807, 2.05) is 0 Å². The zero-order chi connectivity index (χ0) is 13.1. The molecule has 1 unspecified atom stereocenters. The Labute approximate surface area is 95.3 Å². The van der Waals surface area contributed by atoms with Crippen molar-refractivity contribution in [2.24, 2.45) is 0 Å². The van der Waals surface area contributed by atoms with Crippen LogP contribution in [0.5, 0.6) is 0 Å². The molecule has 0 rings (SSSR count). The molecule has 0 bridgehead atoms. The first-order valence-electron chi connectivity index (χ1n) is 4.62. The third kappa shape index (κ3) is 3.19. The molecule has 1 amide bonds. The van der Waals surface area contributed by atoms with E-state index in [-0.39, 0.29) is 0 Å². The zero-order valence-electron chi connectivity index (χ0n) is 10.0. The Kier molecular flexibility index (Phi) is 4.48. The maximum atomic E-state index is 11.6. The van der Waals surface area contributed by atoms with Gasteiger partial charge in [0, 0.05) is 6.26 Å². The Morgan fingerprint density at radius 2 is 1.75 bits per heavy atom. The van der Waals surface area contributed by atoms with Crippen molar-refractivity contribution in [3.63, 3.8) is 0 Å². The van der Waals surface area contributed by atoms with Gasteiger partial charge in [-0.2, -0.15) is 0 Å². The summed E-state index contributed by atoms with van der Waals surface area (Å²) < 4.78 is 25.5. The molecule has 94 valence electrons. The van der Waals surface area contributed by atoms with Gasteiger partial charge in [0.15, 0.2) is 9.84 Å². The van der Waals surface area contributed by atoms with Gasteiger partial charge in [-0.3, -0.25) is 4.79 Å². The number of hydrogen-bond acceptors (Lipinski definition) is 5. The molecule has 0 heterocycles. The third-order valence-corrected chi connectivity index (χ3v) is 4.42. The van der Waals surface area contributed by atoms with Crippen LogP contribution < -0.4 is 5.32 Å². The molecule has 0 aliphatic heterocycles. The third-order valence-electron chi connectivity index (χ3n) is 2.38. The number of rotatable bonds is 4. The van der Waals surface area contributed by atoms with E-state index in [0.717, 1.165) is 6.26 Å². The minimum Gasteiger partial charge on any atom is -0.467 e. The molecule has 0 fully saturated rings. The van der Waals surface area contributed by atoms with Gasteiger partial charge in [0.1, 0.15) is 10.8 Å². The SMILES string of the molecule is COC(=O)C(C)NC(=O)C(C)(C)S(C)(=O)=O. The second-order valence-corrected chi connectivity index (χ2v) is 6.57. The Hall–Kier alpha value is -1.11. The molecule has 6 nitrogen and oxygen atoms in total. The summed E-state index contributed by atoms with van der Waals surface area (Å²) >= 11 is 0. The van der Waals surface area contributed by atoms with Gasteiger partial charge in [0.2, 0.25) is 5.91 Å². The highest BCUT2D eigenvalue weighted by Gasteiger charge is 2.39. The van der Waals surface area contributed by atoms with Gasteiger partial charge in [-0.1, -0.05) is 0 Å². The van der Waals surface area contributed by atoms with E-state index in [2.05, 4.69) is 10.1 Å². The molecule has 0 spiro atoms. The van der Waals surface area contributed by atoms with Crippen LogP contribution in [0.25, 0.3) is 0 Å². The van der Waals surface area contributed by atoms with E-state index < -0.39 is 32.5 Å². The molecule has 0 radical (unpaired) electrons. The Bertz CT molecular complexity index is 385. The van der Waals surface area contributed by atoms with Gasteiger partial charge in [-0.15, -0.1) is 0 Å². The molecule has 16 heavy (non-hydrogen) atoms. The number of carbonyl (C=O) groups is 2. The molecular weight excluding hydrogens is 234 g/mol. The van der Waals surface area contributed by atoms with Crippen LogP contribution in [0.15, 0.2) is 0 Å². The first-order chi connectivity index (χ1) is 7.04. The molecule has 1 N–H and O–H groups in total. The largest absolute Gasteiger partial charge is 0.467 e. The predicted molar refractivity (Wildman–Crippen MR) is 58.5 cm³/mol. The van der Waals surface area contributed by atoms with Crippen LogP contribution in [0.2, 0.25) is 0 Å². The van der Waals surface area contributed by atoms with Crippen molar-refractivity contribution >= 4 is 21.7 Å². The van der Waals surface area contributed by atoms with Gasteiger partial charge in [0.25, 0.3) is 0 Å². The quantitative estimate of drug-likeness (QED) is 0.679. The molecular formula is C9H17NO5S. The van der Waals surface area contributed by atoms with Crippen molar-refractivity contribution in [2.75, 3.05) is 13.4 Å². The summed E-state index contributed by atoms with van der Waals surface area (Å²) in [5, 5.41) is 2.28. The number of amides is 1. The number of carbonyl (C=O) groups excluding carboxylic acids is 2. The van der Waals surface area contributed by atoms with Crippen molar-refractivity contribution in [3.8, 4) is 0 Å². The fourth-order valence-corrected chi connectivity index (χ4v) is 1.17. The number of methoxy groups -OCH3 is 1. The lowest BCUT2D eigenvalue weighted by molar-refractivity contribution is -0.144. The van der Waals surface area contributed by atoms with Crippen LogP contribution in [-0.2, 0) is 24.2 Å². The number of hydrogen-bond donors (Lipinski definition) is 1. The lowest BCUT2D eigenvalue weighted by Gasteiger charge is -2.23. The van der Waals surface area contributed by atoms with E-state index in [9.17, 15) is 18.0 Å². The second-order valence-electron chi connectivity index (χ2n) is 4.00. The number of ether oxygens (including phenoxy) is 1. The van der Waals surface area contributed by atoms with Crippen LogP contribution in [0.3, 0.4) is 0 Å². The minimum absolute atomic E-state index is 0.627. The number of esters is 1. The summed E-state index contributed by atoms with van der Waals surface area (Å²) in [6.45, 7) is 3.98. The highest BCUT2D eigenvalue weighted by atomic mass is 32.2. The van der Waals surface area contributed by atoms with Crippen molar-refractivity contribution in [3.05, 3.63) is 0 Å². The summed E-state index contributed by atoms with van der Waals surface area (Å²) in [5.74, 6) is -1.36.